The fourth-order valence-corrected chi connectivity index (χ4v) is 1.99. The zero-order valence-corrected chi connectivity index (χ0v) is 9.19. The van der Waals surface area contributed by atoms with E-state index >= 15 is 0 Å². The van der Waals surface area contributed by atoms with Crippen molar-refractivity contribution in [3.63, 3.8) is 0 Å². The molecule has 5 heteroatoms. The highest BCUT2D eigenvalue weighted by molar-refractivity contribution is 6.04. The molecule has 2 rings (SSSR count). The van der Waals surface area contributed by atoms with Crippen molar-refractivity contribution in [1.82, 2.24) is 10.2 Å². The summed E-state index contributed by atoms with van der Waals surface area (Å²) >= 11 is 0. The Balaban J connectivity index is 1.89. The molecule has 0 saturated carbocycles. The Morgan fingerprint density at radius 2 is 2.47 bits per heavy atom. The Morgan fingerprint density at radius 1 is 1.67 bits per heavy atom. The number of hydrogen-bond acceptors (Lipinski definition) is 5. The Kier molecular flexibility index (Phi) is 3.02. The van der Waals surface area contributed by atoms with E-state index in [1.807, 2.05) is 6.92 Å². The lowest BCUT2D eigenvalue weighted by Gasteiger charge is -2.30. The highest BCUT2D eigenvalue weighted by atomic mass is 16.7. The number of carbonyl (C=O) groups excluding carboxylic acids is 1. The summed E-state index contributed by atoms with van der Waals surface area (Å²) in [6.45, 7) is 4.92. The molecular weight excluding hydrogens is 194 g/mol. The molecule has 2 atom stereocenters. The predicted octanol–water partition coefficient (Wildman–Crippen LogP) is -0.171. The molecule has 0 bridgehead atoms. The van der Waals surface area contributed by atoms with Crippen LogP contribution in [0, 0.1) is 5.92 Å². The van der Waals surface area contributed by atoms with E-state index in [1.165, 1.54) is 0 Å². The van der Waals surface area contributed by atoms with Crippen molar-refractivity contribution in [2.45, 2.75) is 19.4 Å². The Morgan fingerprint density at radius 3 is 3.07 bits per heavy atom. The topological polar surface area (TPSA) is 53.9 Å². The van der Waals surface area contributed by atoms with Gasteiger partial charge in [-0.3, -0.25) is 0 Å². The largest absolute Gasteiger partial charge is 0.343 e. The Labute approximate surface area is 89.4 Å². The molecule has 0 spiro atoms. The second-order valence-corrected chi connectivity index (χ2v) is 4.33. The van der Waals surface area contributed by atoms with Gasteiger partial charge in [-0.1, -0.05) is 5.16 Å². The van der Waals surface area contributed by atoms with Gasteiger partial charge < -0.3 is 15.1 Å². The van der Waals surface area contributed by atoms with Crippen molar-refractivity contribution < 1.29 is 9.63 Å². The van der Waals surface area contributed by atoms with Gasteiger partial charge in [-0.15, -0.1) is 0 Å². The van der Waals surface area contributed by atoms with Crippen molar-refractivity contribution >= 4 is 11.7 Å². The van der Waals surface area contributed by atoms with Crippen molar-refractivity contribution in [3.8, 4) is 0 Å². The molecular formula is C10H17N3O2. The molecule has 2 unspecified atom stereocenters. The van der Waals surface area contributed by atoms with E-state index in [1.54, 1.807) is 0 Å². The summed E-state index contributed by atoms with van der Waals surface area (Å²) in [4.78, 5) is 18.1. The molecule has 0 aliphatic carbocycles. The van der Waals surface area contributed by atoms with Gasteiger partial charge in [-0.05, 0) is 14.0 Å². The highest BCUT2D eigenvalue weighted by Gasteiger charge is 2.30. The van der Waals surface area contributed by atoms with Crippen LogP contribution in [0.5, 0.6) is 0 Å². The summed E-state index contributed by atoms with van der Waals surface area (Å²) < 4.78 is 0. The zero-order valence-electron chi connectivity index (χ0n) is 9.19. The number of likely N-dealkylation sites (N-methyl/N-ethyl adjacent to an activating group) is 1. The number of carbonyl (C=O) groups is 1. The number of nitrogens with one attached hydrogen (secondary N) is 1. The number of nitrogens with zero attached hydrogens (tertiary/aromatic N) is 2. The average molecular weight is 211 g/mol. The second-order valence-electron chi connectivity index (χ2n) is 4.33. The van der Waals surface area contributed by atoms with E-state index < -0.39 is 0 Å². The van der Waals surface area contributed by atoms with E-state index in [9.17, 15) is 4.79 Å². The van der Waals surface area contributed by atoms with Gasteiger partial charge in [0.25, 0.3) is 0 Å². The molecule has 15 heavy (non-hydrogen) atoms. The van der Waals surface area contributed by atoms with Crippen LogP contribution >= 0.6 is 0 Å². The van der Waals surface area contributed by atoms with Gasteiger partial charge in [0, 0.05) is 32.1 Å². The van der Waals surface area contributed by atoms with Crippen LogP contribution in [-0.2, 0) is 9.63 Å². The van der Waals surface area contributed by atoms with E-state index in [2.05, 4.69) is 27.3 Å². The Bertz CT molecular complexity index is 290. The van der Waals surface area contributed by atoms with Gasteiger partial charge in [-0.2, -0.15) is 0 Å². The number of piperazine rings is 1. The minimum Gasteiger partial charge on any atom is -0.318 e. The lowest BCUT2D eigenvalue weighted by molar-refractivity contribution is -0.142. The van der Waals surface area contributed by atoms with E-state index in [0.29, 0.717) is 6.04 Å². The smallest absolute Gasteiger partial charge is 0.318 e. The molecule has 1 fully saturated rings. The second kappa shape index (κ2) is 4.28. The number of oxime groups is 1. The van der Waals surface area contributed by atoms with Gasteiger partial charge in [0.2, 0.25) is 0 Å². The first kappa shape index (κ1) is 10.6. The first-order valence-corrected chi connectivity index (χ1v) is 5.36. The van der Waals surface area contributed by atoms with Gasteiger partial charge in [0.15, 0.2) is 0 Å². The summed E-state index contributed by atoms with van der Waals surface area (Å²) in [5, 5.41) is 7.25. The van der Waals surface area contributed by atoms with Crippen LogP contribution in [0.3, 0.4) is 0 Å². The van der Waals surface area contributed by atoms with Gasteiger partial charge >= 0.3 is 5.97 Å². The molecule has 0 radical (unpaired) electrons. The van der Waals surface area contributed by atoms with Crippen LogP contribution in [0.15, 0.2) is 5.16 Å². The lowest BCUT2D eigenvalue weighted by Crippen LogP contribution is -2.50. The third-order valence-electron chi connectivity index (χ3n) is 3.02. The van der Waals surface area contributed by atoms with E-state index in [4.69, 9.17) is 0 Å². The molecule has 5 nitrogen and oxygen atoms in total. The van der Waals surface area contributed by atoms with Crippen molar-refractivity contribution in [1.29, 1.82) is 0 Å². The first-order valence-electron chi connectivity index (χ1n) is 5.36. The van der Waals surface area contributed by atoms with Crippen LogP contribution in [0.2, 0.25) is 0 Å². The molecule has 0 aromatic carbocycles. The summed E-state index contributed by atoms with van der Waals surface area (Å²) in [6, 6.07) is 0.388. The fourth-order valence-electron chi connectivity index (χ4n) is 1.99. The van der Waals surface area contributed by atoms with Crippen LogP contribution in [0.4, 0.5) is 0 Å². The molecule has 84 valence electrons. The molecule has 1 N–H and O–H groups in total. The molecule has 2 aliphatic heterocycles. The predicted molar refractivity (Wildman–Crippen MR) is 56.6 cm³/mol. The number of hydrogen-bond donors (Lipinski definition) is 1. The quantitative estimate of drug-likeness (QED) is 0.644. The maximum atomic E-state index is 11.1. The molecule has 2 aliphatic rings. The third kappa shape index (κ3) is 2.35. The zero-order chi connectivity index (χ0) is 10.8. The van der Waals surface area contributed by atoms with Crippen molar-refractivity contribution in [3.05, 3.63) is 0 Å². The van der Waals surface area contributed by atoms with E-state index in [0.717, 1.165) is 31.8 Å². The summed E-state index contributed by atoms with van der Waals surface area (Å²) in [5.41, 5.74) is 0.868. The summed E-state index contributed by atoms with van der Waals surface area (Å²) in [5.74, 6) is -0.395. The van der Waals surface area contributed by atoms with Gasteiger partial charge in [-0.25, -0.2) is 4.79 Å². The summed E-state index contributed by atoms with van der Waals surface area (Å²) in [6.07, 6.45) is 0.803. The molecule has 0 amide bonds. The fraction of sp³-hybridized carbons (Fsp3) is 0.800. The molecule has 0 aromatic heterocycles. The average Bonchev–Trinajstić information content (AvgIpc) is 2.50. The van der Waals surface area contributed by atoms with Crippen LogP contribution < -0.4 is 5.32 Å². The van der Waals surface area contributed by atoms with Crippen molar-refractivity contribution in [2.24, 2.45) is 11.1 Å². The number of rotatable bonds is 2. The van der Waals surface area contributed by atoms with Crippen LogP contribution in [0.25, 0.3) is 0 Å². The SMILES string of the molecule is CC1C(=O)ON=C1CC1CN(C)CCN1. The van der Waals surface area contributed by atoms with Crippen molar-refractivity contribution in [2.75, 3.05) is 26.7 Å². The third-order valence-corrected chi connectivity index (χ3v) is 3.02. The van der Waals surface area contributed by atoms with Crippen LogP contribution in [0.1, 0.15) is 13.3 Å². The highest BCUT2D eigenvalue weighted by Crippen LogP contribution is 2.16. The first-order chi connectivity index (χ1) is 7.16. The van der Waals surface area contributed by atoms with E-state index in [-0.39, 0.29) is 11.9 Å². The minimum atomic E-state index is -0.228. The monoisotopic (exact) mass is 211 g/mol. The van der Waals surface area contributed by atoms with Gasteiger partial charge in [0.1, 0.15) is 0 Å². The van der Waals surface area contributed by atoms with Gasteiger partial charge in [0.05, 0.1) is 11.6 Å². The molecule has 0 aromatic rings. The maximum Gasteiger partial charge on any atom is 0.343 e. The standard InChI is InChI=1S/C10H17N3O2/c1-7-9(12-15-10(7)14)5-8-6-13(2)4-3-11-8/h7-8,11H,3-6H2,1-2H3. The molecule has 1 saturated heterocycles. The summed E-state index contributed by atoms with van der Waals surface area (Å²) in [7, 11) is 2.11. The normalized spacial score (nSPS) is 32.7. The lowest BCUT2D eigenvalue weighted by atomic mass is 9.98. The minimum absolute atomic E-state index is 0.168. The van der Waals surface area contributed by atoms with Crippen LogP contribution in [-0.4, -0.2) is 49.3 Å². The molecule has 2 heterocycles. The maximum absolute atomic E-state index is 11.1. The Hall–Kier alpha value is -0.940.